The Morgan fingerprint density at radius 1 is 1.18 bits per heavy atom. The van der Waals surface area contributed by atoms with E-state index in [1.165, 1.54) is 5.56 Å². The van der Waals surface area contributed by atoms with Gasteiger partial charge < -0.3 is 24.3 Å². The zero-order chi connectivity index (χ0) is 24.8. The van der Waals surface area contributed by atoms with E-state index in [0.717, 1.165) is 42.5 Å². The molecule has 0 spiro atoms. The highest BCUT2D eigenvalue weighted by Gasteiger charge is 2.12. The highest BCUT2D eigenvalue weighted by atomic mass is 127. The molecule has 3 aromatic rings. The number of aromatic nitrogens is 2. The van der Waals surface area contributed by atoms with Gasteiger partial charge in [-0.1, -0.05) is 48.2 Å². The third-order valence-electron chi connectivity index (χ3n) is 5.25. The summed E-state index contributed by atoms with van der Waals surface area (Å²) >= 11 is 2.22. The quantitative estimate of drug-likeness (QED) is 0.148. The van der Waals surface area contributed by atoms with Crippen LogP contribution in [0.1, 0.15) is 42.3 Å². The summed E-state index contributed by atoms with van der Waals surface area (Å²) in [4.78, 5) is 15.3. The van der Waals surface area contributed by atoms with Gasteiger partial charge in [0.1, 0.15) is 18.2 Å². The summed E-state index contributed by atoms with van der Waals surface area (Å²) in [5, 5.41) is 10.2. The first-order valence-corrected chi connectivity index (χ1v) is 14.9. The lowest BCUT2D eigenvalue weighted by atomic mass is 9.94. The number of benzene rings is 2. The van der Waals surface area contributed by atoms with Crippen LogP contribution in [0.3, 0.4) is 0 Å². The Labute approximate surface area is 216 Å². The molecule has 0 aliphatic carbocycles. The van der Waals surface area contributed by atoms with Crippen molar-refractivity contribution in [3.8, 4) is 23.0 Å². The molecule has 3 unspecified atom stereocenters. The van der Waals surface area contributed by atoms with Gasteiger partial charge >= 0.3 is 0 Å². The lowest BCUT2D eigenvalue weighted by Gasteiger charge is -2.14. The van der Waals surface area contributed by atoms with Crippen LogP contribution in [0.2, 0.25) is 0 Å². The van der Waals surface area contributed by atoms with Crippen LogP contribution in [0.15, 0.2) is 60.9 Å². The molecule has 2 aromatic carbocycles. The van der Waals surface area contributed by atoms with Gasteiger partial charge in [-0.05, 0) is 64.8 Å². The van der Waals surface area contributed by atoms with Crippen molar-refractivity contribution in [1.82, 2.24) is 14.9 Å². The van der Waals surface area contributed by atoms with Gasteiger partial charge in [0.2, 0.25) is 0 Å². The van der Waals surface area contributed by atoms with Gasteiger partial charge in [-0.2, -0.15) is 0 Å². The SMILES string of the molecule is CNCC(CC=O)c1ccc(-c2ccc(C#CCn3ccnc3C(C)OPI)cc2)cc1.CO. The topological polar surface area (TPSA) is 76.4 Å². The first kappa shape index (κ1) is 28.2. The average Bonchev–Trinajstić information content (AvgIpc) is 3.35. The lowest BCUT2D eigenvalue weighted by molar-refractivity contribution is -0.108. The van der Waals surface area contributed by atoms with E-state index in [4.69, 9.17) is 9.63 Å². The molecular weight excluding hydrogens is 560 g/mol. The molecule has 0 saturated heterocycles. The molecule has 1 heterocycles. The lowest BCUT2D eigenvalue weighted by Crippen LogP contribution is -2.17. The van der Waals surface area contributed by atoms with E-state index in [1.807, 2.05) is 36.9 Å². The van der Waals surface area contributed by atoms with E-state index in [0.29, 0.717) is 19.4 Å². The largest absolute Gasteiger partial charge is 0.400 e. The second-order valence-electron chi connectivity index (χ2n) is 7.41. The number of aliphatic hydroxyl groups excluding tert-OH is 1. The van der Waals surface area contributed by atoms with Gasteiger partial charge in [-0.15, -0.1) is 0 Å². The molecule has 0 amide bonds. The second-order valence-corrected chi connectivity index (χ2v) is 9.12. The molecule has 3 atom stereocenters. The Balaban J connectivity index is 0.00000199. The Hall–Kier alpha value is -2.08. The number of rotatable bonds is 10. The maximum atomic E-state index is 10.9. The summed E-state index contributed by atoms with van der Waals surface area (Å²) in [7, 11) is 2.91. The molecule has 0 bridgehead atoms. The van der Waals surface area contributed by atoms with E-state index < -0.39 is 0 Å². The molecule has 3 rings (SSSR count). The molecule has 180 valence electrons. The molecule has 1 aromatic heterocycles. The molecule has 8 heteroatoms. The zero-order valence-electron chi connectivity index (χ0n) is 19.7. The van der Waals surface area contributed by atoms with Crippen LogP contribution in [0.4, 0.5) is 0 Å². The van der Waals surface area contributed by atoms with E-state index in [1.54, 1.807) is 6.20 Å². The minimum absolute atomic E-state index is 0.0420. The zero-order valence-corrected chi connectivity index (χ0v) is 22.8. The van der Waals surface area contributed by atoms with Crippen LogP contribution in [0.5, 0.6) is 0 Å². The third kappa shape index (κ3) is 8.30. The van der Waals surface area contributed by atoms with E-state index >= 15 is 0 Å². The number of nitrogens with one attached hydrogen (secondary N) is 1. The number of halogens is 1. The van der Waals surface area contributed by atoms with Gasteiger partial charge in [0, 0.05) is 44.0 Å². The van der Waals surface area contributed by atoms with Gasteiger partial charge in [-0.3, -0.25) is 0 Å². The Bertz CT molecular complexity index is 1060. The average molecular weight is 591 g/mol. The fraction of sp³-hybridized carbons (Fsp3) is 0.308. The summed E-state index contributed by atoms with van der Waals surface area (Å²) in [6.07, 6.45) is 5.19. The molecule has 0 aliphatic rings. The number of imidazole rings is 1. The Morgan fingerprint density at radius 2 is 1.82 bits per heavy atom. The minimum atomic E-state index is -0.0420. The highest BCUT2D eigenvalue weighted by molar-refractivity contribution is 14.2. The van der Waals surface area contributed by atoms with Crippen LogP contribution in [-0.2, 0) is 15.9 Å². The van der Waals surface area contributed by atoms with Gasteiger partial charge in [0.05, 0.1) is 13.0 Å². The summed E-state index contributed by atoms with van der Waals surface area (Å²) in [5.41, 5.74) is 4.45. The number of aldehydes is 1. The minimum Gasteiger partial charge on any atom is -0.400 e. The highest BCUT2D eigenvalue weighted by Crippen LogP contribution is 2.30. The van der Waals surface area contributed by atoms with Crippen molar-refractivity contribution >= 4 is 34.8 Å². The van der Waals surface area contributed by atoms with Crippen molar-refractivity contribution in [2.45, 2.75) is 31.9 Å². The number of nitrogens with zero attached hydrogens (tertiary/aromatic N) is 2. The number of carbonyl (C=O) groups is 1. The summed E-state index contributed by atoms with van der Waals surface area (Å²) in [6.45, 7) is 3.77. The first-order valence-electron chi connectivity index (χ1n) is 10.9. The van der Waals surface area contributed by atoms with Crippen molar-refractivity contribution < 1.29 is 14.4 Å². The molecule has 0 saturated carbocycles. The normalized spacial score (nSPS) is 12.4. The predicted molar refractivity (Wildman–Crippen MR) is 148 cm³/mol. The fourth-order valence-corrected chi connectivity index (χ4v) is 4.94. The van der Waals surface area contributed by atoms with Crippen LogP contribution in [0, 0.1) is 11.8 Å². The first-order chi connectivity index (χ1) is 16.7. The Kier molecular flexibility index (Phi) is 13.0. The standard InChI is InChI=1S/C25H27IN3O2P.CH4O/c1-19(31-32-26)25-28-14-16-29(25)15-3-4-20-5-7-21(8-6-20)22-9-11-23(12-10-22)24(13-17-30)18-27-2;1-2/h5-12,14,16-17,19,24,27,32H,13,15,18H2,1-2H3;2H,1H3. The second kappa shape index (κ2) is 15.8. The summed E-state index contributed by atoms with van der Waals surface area (Å²) in [6, 6.07) is 16.7. The molecule has 0 radical (unpaired) electrons. The number of hydrogen-bond donors (Lipinski definition) is 2. The molecule has 6 nitrogen and oxygen atoms in total. The van der Waals surface area contributed by atoms with Gasteiger partial charge in [-0.25, -0.2) is 4.98 Å². The monoisotopic (exact) mass is 591 g/mol. The van der Waals surface area contributed by atoms with E-state index in [9.17, 15) is 4.79 Å². The Morgan fingerprint density at radius 3 is 2.41 bits per heavy atom. The maximum absolute atomic E-state index is 10.9. The van der Waals surface area contributed by atoms with Crippen molar-refractivity contribution in [1.29, 1.82) is 0 Å². The molecule has 0 aliphatic heterocycles. The van der Waals surface area contributed by atoms with Crippen molar-refractivity contribution in [3.63, 3.8) is 0 Å². The molecule has 0 fully saturated rings. The maximum Gasteiger partial charge on any atom is 0.138 e. The predicted octanol–water partition coefficient (Wildman–Crippen LogP) is 5.12. The number of hydrogen-bond acceptors (Lipinski definition) is 5. The number of aliphatic hydroxyl groups is 1. The van der Waals surface area contributed by atoms with Crippen molar-refractivity contribution in [3.05, 3.63) is 77.9 Å². The number of carbonyl (C=O) groups excluding carboxylic acids is 1. The summed E-state index contributed by atoms with van der Waals surface area (Å²) in [5.74, 6) is 7.56. The van der Waals surface area contributed by atoms with Gasteiger partial charge in [0.15, 0.2) is 0 Å². The van der Waals surface area contributed by atoms with Crippen LogP contribution in [0.25, 0.3) is 11.1 Å². The third-order valence-corrected chi connectivity index (χ3v) is 6.45. The molecule has 34 heavy (non-hydrogen) atoms. The van der Waals surface area contributed by atoms with Crippen LogP contribution >= 0.6 is 28.5 Å². The molecule has 2 N–H and O–H groups in total. The van der Waals surface area contributed by atoms with Crippen molar-refractivity contribution in [2.75, 3.05) is 20.7 Å². The summed E-state index contributed by atoms with van der Waals surface area (Å²) < 4.78 is 7.68. The van der Waals surface area contributed by atoms with Gasteiger partial charge in [0.25, 0.3) is 0 Å². The molecular formula is C26H31IN3O3P. The van der Waals surface area contributed by atoms with Crippen LogP contribution < -0.4 is 5.32 Å². The smallest absolute Gasteiger partial charge is 0.138 e. The van der Waals surface area contributed by atoms with Crippen molar-refractivity contribution in [2.24, 2.45) is 0 Å². The van der Waals surface area contributed by atoms with Crippen LogP contribution in [-0.4, -0.2) is 41.6 Å². The number of likely N-dealkylation sites (N-methyl/N-ethyl adjacent to an activating group) is 1. The van der Waals surface area contributed by atoms with E-state index in [-0.39, 0.29) is 12.0 Å². The fourth-order valence-electron chi connectivity index (χ4n) is 3.55. The van der Waals surface area contributed by atoms with E-state index in [2.05, 4.69) is 80.6 Å².